The number of nitrogens with one attached hydrogen (secondary N) is 1. The van der Waals surface area contributed by atoms with Gasteiger partial charge in [-0.3, -0.25) is 14.5 Å². The fourth-order valence-electron chi connectivity index (χ4n) is 4.08. The van der Waals surface area contributed by atoms with Crippen molar-refractivity contribution in [2.24, 2.45) is 5.41 Å². The topological polar surface area (TPSA) is 75.2 Å². The van der Waals surface area contributed by atoms with Crippen molar-refractivity contribution in [3.8, 4) is 0 Å². The van der Waals surface area contributed by atoms with Crippen molar-refractivity contribution in [2.45, 2.75) is 52.0 Å². The lowest BCUT2D eigenvalue weighted by Gasteiger charge is -2.56. The molecule has 6 nitrogen and oxygen atoms in total. The molecule has 0 bridgehead atoms. The largest absolute Gasteiger partial charge is 0.347 e. The molecular formula is C19H20F2N4O2S. The first-order chi connectivity index (χ1) is 13.3. The van der Waals surface area contributed by atoms with E-state index >= 15 is 0 Å². The van der Waals surface area contributed by atoms with Crippen LogP contribution < -0.4 is 10.2 Å². The maximum atomic E-state index is 13.5. The monoisotopic (exact) mass is 406 g/mol. The van der Waals surface area contributed by atoms with Gasteiger partial charge in [-0.05, 0) is 38.0 Å². The molecule has 2 heterocycles. The molecule has 2 aliphatic rings. The van der Waals surface area contributed by atoms with E-state index in [-0.39, 0.29) is 33.9 Å². The molecule has 2 aliphatic carbocycles. The molecule has 9 heteroatoms. The van der Waals surface area contributed by atoms with Gasteiger partial charge in [0, 0.05) is 30.0 Å². The SMILES string of the molecule is CC(=O)N(c1cc(F)nc(F)c1)c1nc(C(=O)N[C@H]2CCC23CCC3)c(C)s1. The van der Waals surface area contributed by atoms with Crippen LogP contribution in [0.4, 0.5) is 19.6 Å². The number of carbonyl (C=O) groups is 2. The maximum Gasteiger partial charge on any atom is 0.271 e. The van der Waals surface area contributed by atoms with Gasteiger partial charge in [-0.15, -0.1) is 11.3 Å². The van der Waals surface area contributed by atoms with Crippen molar-refractivity contribution in [3.05, 3.63) is 34.6 Å². The van der Waals surface area contributed by atoms with Crippen LogP contribution in [0, 0.1) is 24.2 Å². The lowest BCUT2D eigenvalue weighted by molar-refractivity contribution is -0.115. The Balaban J connectivity index is 1.59. The molecule has 4 rings (SSSR count). The molecule has 0 radical (unpaired) electrons. The summed E-state index contributed by atoms with van der Waals surface area (Å²) in [5.41, 5.74) is 0.480. The number of hydrogen-bond donors (Lipinski definition) is 1. The number of thiazole rings is 1. The third kappa shape index (κ3) is 3.17. The van der Waals surface area contributed by atoms with Crippen LogP contribution in [0.2, 0.25) is 0 Å². The number of pyridine rings is 1. The molecule has 2 saturated carbocycles. The molecule has 0 unspecified atom stereocenters. The Kier molecular flexibility index (Phi) is 4.65. The average Bonchev–Trinajstić information content (AvgIpc) is 2.90. The summed E-state index contributed by atoms with van der Waals surface area (Å²) in [6, 6.07) is 2.08. The van der Waals surface area contributed by atoms with Crippen LogP contribution in [0.15, 0.2) is 12.1 Å². The second-order valence-electron chi connectivity index (χ2n) is 7.51. The molecule has 2 aromatic rings. The summed E-state index contributed by atoms with van der Waals surface area (Å²) >= 11 is 1.13. The summed E-state index contributed by atoms with van der Waals surface area (Å²) in [5, 5.41) is 3.26. The molecule has 148 valence electrons. The van der Waals surface area contributed by atoms with Crippen LogP contribution in [0.5, 0.6) is 0 Å². The van der Waals surface area contributed by atoms with E-state index in [9.17, 15) is 18.4 Å². The first-order valence-electron chi connectivity index (χ1n) is 9.21. The van der Waals surface area contributed by atoms with E-state index < -0.39 is 17.8 Å². The molecule has 2 amide bonds. The zero-order valence-electron chi connectivity index (χ0n) is 15.6. The number of carbonyl (C=O) groups excluding carboxylic acids is 2. The summed E-state index contributed by atoms with van der Waals surface area (Å²) in [6.45, 7) is 3.00. The zero-order chi connectivity index (χ0) is 20.1. The molecule has 0 saturated heterocycles. The van der Waals surface area contributed by atoms with Crippen LogP contribution in [0.3, 0.4) is 0 Å². The van der Waals surface area contributed by atoms with Crippen LogP contribution in [-0.2, 0) is 4.79 Å². The summed E-state index contributed by atoms with van der Waals surface area (Å²) in [6.07, 6.45) is 5.62. The standard InChI is InChI=1S/C19H20F2N4O2S/c1-10-16(17(27)22-13-4-7-19(13)5-3-6-19)24-18(28-10)25(11(2)26)12-8-14(20)23-15(21)9-12/h8-9,13H,3-7H2,1-2H3,(H,22,27)/t13-/m0/s1. The lowest BCUT2D eigenvalue weighted by Crippen LogP contribution is -2.58. The molecule has 28 heavy (non-hydrogen) atoms. The van der Waals surface area contributed by atoms with Gasteiger partial charge in [-0.1, -0.05) is 6.42 Å². The van der Waals surface area contributed by atoms with Gasteiger partial charge in [0.15, 0.2) is 5.13 Å². The molecule has 2 fully saturated rings. The Labute approximate surface area is 165 Å². The van der Waals surface area contributed by atoms with Gasteiger partial charge >= 0.3 is 0 Å². The number of amides is 2. The predicted molar refractivity (Wildman–Crippen MR) is 101 cm³/mol. The number of anilines is 2. The summed E-state index contributed by atoms with van der Waals surface area (Å²) in [7, 11) is 0. The fraction of sp³-hybridized carbons (Fsp3) is 0.474. The number of aromatic nitrogens is 2. The Morgan fingerprint density at radius 1 is 1.21 bits per heavy atom. The van der Waals surface area contributed by atoms with Gasteiger partial charge in [-0.25, -0.2) is 4.98 Å². The molecule has 1 atom stereocenters. The molecule has 1 N–H and O–H groups in total. The highest BCUT2D eigenvalue weighted by atomic mass is 32.1. The van der Waals surface area contributed by atoms with E-state index in [0.717, 1.165) is 54.1 Å². The summed E-state index contributed by atoms with van der Waals surface area (Å²) in [5.74, 6) is -2.82. The van der Waals surface area contributed by atoms with E-state index in [2.05, 4.69) is 15.3 Å². The second kappa shape index (κ2) is 6.88. The number of rotatable bonds is 4. The third-order valence-electron chi connectivity index (χ3n) is 5.84. The van der Waals surface area contributed by atoms with Gasteiger partial charge in [0.25, 0.3) is 5.91 Å². The van der Waals surface area contributed by atoms with Crippen LogP contribution >= 0.6 is 11.3 Å². The highest BCUT2D eigenvalue weighted by Gasteiger charge is 2.51. The maximum absolute atomic E-state index is 13.5. The van der Waals surface area contributed by atoms with Gasteiger partial charge in [0.1, 0.15) is 5.69 Å². The Hall–Kier alpha value is -2.42. The molecule has 0 aromatic carbocycles. The van der Waals surface area contributed by atoms with Crippen molar-refractivity contribution in [2.75, 3.05) is 4.90 Å². The minimum Gasteiger partial charge on any atom is -0.347 e. The van der Waals surface area contributed by atoms with Gasteiger partial charge in [0.05, 0.1) is 5.69 Å². The number of aryl methyl sites for hydroxylation is 1. The van der Waals surface area contributed by atoms with Crippen LogP contribution in [0.25, 0.3) is 0 Å². The van der Waals surface area contributed by atoms with Gasteiger partial charge < -0.3 is 5.32 Å². The fourth-order valence-corrected chi connectivity index (χ4v) is 5.05. The van der Waals surface area contributed by atoms with E-state index in [0.29, 0.717) is 4.88 Å². The number of halogens is 2. The molecule has 2 aromatic heterocycles. The summed E-state index contributed by atoms with van der Waals surface area (Å²) < 4.78 is 27.0. The second-order valence-corrected chi connectivity index (χ2v) is 8.69. The Bertz CT molecular complexity index is 932. The Morgan fingerprint density at radius 2 is 1.89 bits per heavy atom. The van der Waals surface area contributed by atoms with Crippen LogP contribution in [-0.4, -0.2) is 27.8 Å². The van der Waals surface area contributed by atoms with Crippen molar-refractivity contribution in [1.82, 2.24) is 15.3 Å². The molecule has 1 spiro atoms. The van der Waals surface area contributed by atoms with E-state index in [1.807, 2.05) is 0 Å². The van der Waals surface area contributed by atoms with Crippen molar-refractivity contribution in [3.63, 3.8) is 0 Å². The van der Waals surface area contributed by atoms with Crippen molar-refractivity contribution < 1.29 is 18.4 Å². The highest BCUT2D eigenvalue weighted by molar-refractivity contribution is 7.16. The first-order valence-corrected chi connectivity index (χ1v) is 10.0. The number of nitrogens with zero attached hydrogens (tertiary/aromatic N) is 3. The average molecular weight is 406 g/mol. The Morgan fingerprint density at radius 3 is 2.39 bits per heavy atom. The van der Waals surface area contributed by atoms with Crippen molar-refractivity contribution >= 4 is 34.0 Å². The lowest BCUT2D eigenvalue weighted by atomic mass is 9.53. The first kappa shape index (κ1) is 18.9. The highest BCUT2D eigenvalue weighted by Crippen LogP contribution is 2.55. The summed E-state index contributed by atoms with van der Waals surface area (Å²) in [4.78, 5) is 34.0. The van der Waals surface area contributed by atoms with E-state index in [1.165, 1.54) is 13.3 Å². The minimum absolute atomic E-state index is 0.0226. The zero-order valence-corrected chi connectivity index (χ0v) is 16.4. The van der Waals surface area contributed by atoms with Crippen molar-refractivity contribution in [1.29, 1.82) is 0 Å². The van der Waals surface area contributed by atoms with E-state index in [4.69, 9.17) is 0 Å². The predicted octanol–water partition coefficient (Wildman–Crippen LogP) is 3.87. The minimum atomic E-state index is -1.04. The number of hydrogen-bond acceptors (Lipinski definition) is 5. The molecular weight excluding hydrogens is 386 g/mol. The van der Waals surface area contributed by atoms with E-state index in [1.54, 1.807) is 6.92 Å². The van der Waals surface area contributed by atoms with Gasteiger partial charge in [0.2, 0.25) is 17.8 Å². The normalized spacial score (nSPS) is 19.6. The van der Waals surface area contributed by atoms with Crippen LogP contribution in [0.1, 0.15) is 54.4 Å². The molecule has 0 aliphatic heterocycles. The smallest absolute Gasteiger partial charge is 0.271 e. The quantitative estimate of drug-likeness (QED) is 0.782. The van der Waals surface area contributed by atoms with Gasteiger partial charge in [-0.2, -0.15) is 13.8 Å². The third-order valence-corrected chi connectivity index (χ3v) is 6.79.